The summed E-state index contributed by atoms with van der Waals surface area (Å²) < 4.78 is 5.42. The van der Waals surface area contributed by atoms with Crippen LogP contribution in [0.1, 0.15) is 53.4 Å². The summed E-state index contributed by atoms with van der Waals surface area (Å²) in [6, 6.07) is -0.186. The fourth-order valence-corrected chi connectivity index (χ4v) is 2.43. The molecule has 106 valence electrons. The van der Waals surface area contributed by atoms with Gasteiger partial charge in [0.05, 0.1) is 6.61 Å². The van der Waals surface area contributed by atoms with Crippen LogP contribution in [0.4, 0.5) is 0 Å². The third-order valence-corrected chi connectivity index (χ3v) is 3.38. The summed E-state index contributed by atoms with van der Waals surface area (Å²) in [4.78, 5) is 14.2. The maximum Gasteiger partial charge on any atom is 0.323 e. The van der Waals surface area contributed by atoms with Crippen LogP contribution in [0.25, 0.3) is 0 Å². The van der Waals surface area contributed by atoms with Gasteiger partial charge in [0.15, 0.2) is 0 Å². The van der Waals surface area contributed by atoms with Crippen molar-refractivity contribution in [3.63, 3.8) is 0 Å². The van der Waals surface area contributed by atoms with Crippen molar-refractivity contribution in [2.45, 2.75) is 71.1 Å². The molecule has 1 heterocycles. The molecule has 18 heavy (non-hydrogen) atoms. The van der Waals surface area contributed by atoms with Gasteiger partial charge in [0.25, 0.3) is 0 Å². The Kier molecular flexibility index (Phi) is 5.60. The molecule has 0 aliphatic carbocycles. The van der Waals surface area contributed by atoms with Gasteiger partial charge in [-0.3, -0.25) is 9.69 Å². The molecule has 0 aromatic rings. The Morgan fingerprint density at radius 2 is 2.06 bits per heavy atom. The molecular formula is C14H27NO3. The topological polar surface area (TPSA) is 49.8 Å². The number of aliphatic hydroxyl groups excluding tert-OH is 1. The average molecular weight is 257 g/mol. The van der Waals surface area contributed by atoms with Gasteiger partial charge in [-0.15, -0.1) is 0 Å². The Hall–Kier alpha value is -0.610. The van der Waals surface area contributed by atoms with Crippen LogP contribution >= 0.6 is 0 Å². The van der Waals surface area contributed by atoms with E-state index in [9.17, 15) is 9.90 Å². The molecule has 1 aliphatic heterocycles. The smallest absolute Gasteiger partial charge is 0.323 e. The van der Waals surface area contributed by atoms with E-state index >= 15 is 0 Å². The highest BCUT2D eigenvalue weighted by Gasteiger charge is 2.31. The molecule has 0 aromatic carbocycles. The molecule has 2 atom stereocenters. The number of carbonyl (C=O) groups excluding carboxylic acids is 1. The summed E-state index contributed by atoms with van der Waals surface area (Å²) >= 11 is 0. The van der Waals surface area contributed by atoms with Gasteiger partial charge in [0.1, 0.15) is 11.6 Å². The molecule has 1 saturated heterocycles. The molecular weight excluding hydrogens is 230 g/mol. The van der Waals surface area contributed by atoms with Gasteiger partial charge in [0.2, 0.25) is 0 Å². The molecule has 1 N–H and O–H groups in total. The minimum absolute atomic E-state index is 0.0926. The predicted octanol–water partition coefficient (Wildman–Crippen LogP) is 1.95. The first-order valence-corrected chi connectivity index (χ1v) is 6.94. The maximum absolute atomic E-state index is 12.1. The van der Waals surface area contributed by atoms with E-state index in [4.69, 9.17) is 4.74 Å². The van der Waals surface area contributed by atoms with E-state index in [1.807, 2.05) is 27.7 Å². The third kappa shape index (κ3) is 4.58. The number of carbonyl (C=O) groups is 1. The van der Waals surface area contributed by atoms with Crippen LogP contribution in [0.15, 0.2) is 0 Å². The largest absolute Gasteiger partial charge is 0.459 e. The van der Waals surface area contributed by atoms with Gasteiger partial charge in [-0.25, -0.2) is 0 Å². The zero-order chi connectivity index (χ0) is 13.8. The third-order valence-electron chi connectivity index (χ3n) is 3.38. The molecule has 4 nitrogen and oxygen atoms in total. The molecule has 1 aliphatic rings. The van der Waals surface area contributed by atoms with E-state index in [-0.39, 0.29) is 24.7 Å². The molecule has 4 heteroatoms. The van der Waals surface area contributed by atoms with Crippen molar-refractivity contribution >= 4 is 5.97 Å². The maximum atomic E-state index is 12.1. The van der Waals surface area contributed by atoms with Gasteiger partial charge in [-0.1, -0.05) is 12.8 Å². The van der Waals surface area contributed by atoms with E-state index in [0.717, 1.165) is 25.8 Å². The van der Waals surface area contributed by atoms with Gasteiger partial charge in [-0.2, -0.15) is 0 Å². The number of likely N-dealkylation sites (tertiary alicyclic amines) is 1. The number of hydrogen-bond acceptors (Lipinski definition) is 4. The highest BCUT2D eigenvalue weighted by atomic mass is 16.6. The number of esters is 1. The van der Waals surface area contributed by atoms with Gasteiger partial charge < -0.3 is 9.84 Å². The average Bonchev–Trinajstić information content (AvgIpc) is 2.50. The van der Waals surface area contributed by atoms with Crippen molar-refractivity contribution in [3.05, 3.63) is 0 Å². The summed E-state index contributed by atoms with van der Waals surface area (Å²) in [5, 5.41) is 9.46. The van der Waals surface area contributed by atoms with Crippen LogP contribution in [0.2, 0.25) is 0 Å². The number of aliphatic hydroxyl groups is 1. The number of nitrogens with zero attached hydrogens (tertiary/aromatic N) is 1. The summed E-state index contributed by atoms with van der Waals surface area (Å²) in [7, 11) is 0. The van der Waals surface area contributed by atoms with Crippen molar-refractivity contribution in [2.24, 2.45) is 0 Å². The van der Waals surface area contributed by atoms with Gasteiger partial charge in [-0.05, 0) is 47.1 Å². The summed E-state index contributed by atoms with van der Waals surface area (Å²) in [6.07, 6.45) is 4.35. The second kappa shape index (κ2) is 6.53. The van der Waals surface area contributed by atoms with Crippen LogP contribution in [-0.4, -0.2) is 46.8 Å². The molecule has 0 saturated carbocycles. The summed E-state index contributed by atoms with van der Waals surface area (Å²) in [6.45, 7) is 8.50. The van der Waals surface area contributed by atoms with E-state index in [2.05, 4.69) is 4.90 Å². The molecule has 0 spiro atoms. The fourth-order valence-electron chi connectivity index (χ4n) is 2.43. The lowest BCUT2D eigenvalue weighted by molar-refractivity contribution is -0.162. The SMILES string of the molecule is CC(C(=O)OC(C)(C)C)N1CCCCCC1CO. The number of rotatable bonds is 3. The monoisotopic (exact) mass is 257 g/mol. The summed E-state index contributed by atoms with van der Waals surface area (Å²) in [5.41, 5.74) is -0.452. The highest BCUT2D eigenvalue weighted by molar-refractivity contribution is 5.75. The fraction of sp³-hybridized carbons (Fsp3) is 0.929. The van der Waals surface area contributed by atoms with Crippen LogP contribution in [0.5, 0.6) is 0 Å². The molecule has 0 radical (unpaired) electrons. The number of ether oxygens (including phenoxy) is 1. The van der Waals surface area contributed by atoms with Crippen molar-refractivity contribution in [3.8, 4) is 0 Å². The lowest BCUT2D eigenvalue weighted by Crippen LogP contribution is -2.49. The van der Waals surface area contributed by atoms with E-state index < -0.39 is 5.60 Å². The quantitative estimate of drug-likeness (QED) is 0.785. The van der Waals surface area contributed by atoms with Crippen LogP contribution in [-0.2, 0) is 9.53 Å². The Labute approximate surface area is 110 Å². The van der Waals surface area contributed by atoms with Crippen LogP contribution in [0, 0.1) is 0 Å². The zero-order valence-electron chi connectivity index (χ0n) is 12.1. The second-order valence-corrected chi connectivity index (χ2v) is 6.13. The Bertz CT molecular complexity index is 273. The first-order chi connectivity index (χ1) is 8.35. The van der Waals surface area contributed by atoms with Crippen molar-refractivity contribution in [1.29, 1.82) is 0 Å². The molecule has 2 unspecified atom stereocenters. The lowest BCUT2D eigenvalue weighted by Gasteiger charge is -2.34. The summed E-state index contributed by atoms with van der Waals surface area (Å²) in [5.74, 6) is -0.192. The normalized spacial score (nSPS) is 24.4. The minimum atomic E-state index is -0.452. The van der Waals surface area contributed by atoms with Crippen LogP contribution < -0.4 is 0 Å². The second-order valence-electron chi connectivity index (χ2n) is 6.13. The van der Waals surface area contributed by atoms with E-state index in [1.165, 1.54) is 6.42 Å². The first kappa shape index (κ1) is 15.4. The van der Waals surface area contributed by atoms with Crippen LogP contribution in [0.3, 0.4) is 0 Å². The molecule has 0 bridgehead atoms. The molecule has 1 fully saturated rings. The van der Waals surface area contributed by atoms with E-state index in [1.54, 1.807) is 0 Å². The lowest BCUT2D eigenvalue weighted by atomic mass is 10.1. The highest BCUT2D eigenvalue weighted by Crippen LogP contribution is 2.20. The standard InChI is InChI=1S/C14H27NO3/c1-11(13(17)18-14(2,3)4)15-9-7-5-6-8-12(15)10-16/h11-12,16H,5-10H2,1-4H3. The van der Waals surface area contributed by atoms with Gasteiger partial charge >= 0.3 is 5.97 Å². The Morgan fingerprint density at radius 1 is 1.39 bits per heavy atom. The van der Waals surface area contributed by atoms with Crippen molar-refractivity contribution < 1.29 is 14.6 Å². The molecule has 0 amide bonds. The Balaban J connectivity index is 2.67. The Morgan fingerprint density at radius 3 is 2.61 bits per heavy atom. The molecule has 0 aromatic heterocycles. The molecule has 1 rings (SSSR count). The minimum Gasteiger partial charge on any atom is -0.459 e. The van der Waals surface area contributed by atoms with Gasteiger partial charge in [0, 0.05) is 6.04 Å². The zero-order valence-corrected chi connectivity index (χ0v) is 12.1. The predicted molar refractivity (Wildman–Crippen MR) is 71.4 cm³/mol. The number of hydrogen-bond donors (Lipinski definition) is 1. The van der Waals surface area contributed by atoms with Crippen molar-refractivity contribution in [2.75, 3.05) is 13.2 Å². The van der Waals surface area contributed by atoms with E-state index in [0.29, 0.717) is 0 Å². The first-order valence-electron chi connectivity index (χ1n) is 6.94. The van der Waals surface area contributed by atoms with Crippen molar-refractivity contribution in [1.82, 2.24) is 4.90 Å².